The minimum atomic E-state index is -0.530. The SMILES string of the molecule is O=C(CCCN1CCC[C@H]1c1cccnc1)N[C@H]1CC[C@@H](C(=O)ON2C(=O)CCC2=O)CC1. The number of rotatable bonds is 8. The molecule has 3 heterocycles. The third kappa shape index (κ3) is 5.96. The van der Waals surface area contributed by atoms with Gasteiger partial charge in [-0.2, -0.15) is 0 Å². The highest BCUT2D eigenvalue weighted by Crippen LogP contribution is 2.31. The molecule has 0 radical (unpaired) electrons. The van der Waals surface area contributed by atoms with E-state index in [4.69, 9.17) is 4.84 Å². The number of amides is 3. The Morgan fingerprint density at radius 1 is 1.09 bits per heavy atom. The van der Waals surface area contributed by atoms with Crippen LogP contribution in [0.4, 0.5) is 0 Å². The van der Waals surface area contributed by atoms with Crippen LogP contribution in [0.5, 0.6) is 0 Å². The van der Waals surface area contributed by atoms with E-state index in [2.05, 4.69) is 21.3 Å². The highest BCUT2D eigenvalue weighted by Gasteiger charge is 2.36. The zero-order chi connectivity index (χ0) is 23.2. The van der Waals surface area contributed by atoms with Crippen LogP contribution in [-0.2, 0) is 24.0 Å². The zero-order valence-corrected chi connectivity index (χ0v) is 18.9. The summed E-state index contributed by atoms with van der Waals surface area (Å²) < 4.78 is 0. The Labute approximate surface area is 193 Å². The zero-order valence-electron chi connectivity index (χ0n) is 18.9. The van der Waals surface area contributed by atoms with Gasteiger partial charge in [0, 0.05) is 43.7 Å². The van der Waals surface area contributed by atoms with Gasteiger partial charge in [0.25, 0.3) is 11.8 Å². The fraction of sp³-hybridized carbons (Fsp3) is 0.625. The van der Waals surface area contributed by atoms with Crippen molar-refractivity contribution in [2.75, 3.05) is 13.1 Å². The molecule has 0 bridgehead atoms. The van der Waals surface area contributed by atoms with Crippen molar-refractivity contribution in [1.82, 2.24) is 20.3 Å². The largest absolute Gasteiger partial charge is 0.353 e. The van der Waals surface area contributed by atoms with Crippen LogP contribution in [0.15, 0.2) is 24.5 Å². The Bertz CT molecular complexity index is 853. The lowest BCUT2D eigenvalue weighted by atomic mass is 9.86. The number of carbonyl (C=O) groups is 4. The smallest absolute Gasteiger partial charge is 0.336 e. The molecule has 2 aliphatic heterocycles. The van der Waals surface area contributed by atoms with Crippen LogP contribution in [-0.4, -0.2) is 57.8 Å². The van der Waals surface area contributed by atoms with Crippen LogP contribution < -0.4 is 5.32 Å². The van der Waals surface area contributed by atoms with E-state index in [1.165, 1.54) is 5.56 Å². The van der Waals surface area contributed by atoms with Gasteiger partial charge in [-0.1, -0.05) is 6.07 Å². The molecule has 0 spiro atoms. The number of imide groups is 1. The van der Waals surface area contributed by atoms with Gasteiger partial charge in [0.2, 0.25) is 5.91 Å². The minimum absolute atomic E-state index is 0.0476. The predicted molar refractivity (Wildman–Crippen MR) is 118 cm³/mol. The maximum absolute atomic E-state index is 12.4. The van der Waals surface area contributed by atoms with Gasteiger partial charge >= 0.3 is 5.97 Å². The van der Waals surface area contributed by atoms with Gasteiger partial charge in [-0.3, -0.25) is 24.3 Å². The molecule has 9 nitrogen and oxygen atoms in total. The molecule has 4 rings (SSSR count). The first-order valence-electron chi connectivity index (χ1n) is 12.0. The maximum atomic E-state index is 12.4. The predicted octanol–water partition coefficient (Wildman–Crippen LogP) is 2.28. The molecule has 1 atom stereocenters. The molecule has 2 saturated heterocycles. The average molecular weight is 457 g/mol. The van der Waals surface area contributed by atoms with E-state index >= 15 is 0 Å². The van der Waals surface area contributed by atoms with Gasteiger partial charge in [-0.05, 0) is 69.7 Å². The minimum Gasteiger partial charge on any atom is -0.353 e. The van der Waals surface area contributed by atoms with E-state index in [0.717, 1.165) is 32.4 Å². The average Bonchev–Trinajstić information content (AvgIpc) is 3.42. The van der Waals surface area contributed by atoms with Gasteiger partial charge < -0.3 is 10.2 Å². The van der Waals surface area contributed by atoms with Crippen molar-refractivity contribution in [1.29, 1.82) is 0 Å². The molecule has 1 aliphatic carbocycles. The van der Waals surface area contributed by atoms with E-state index in [1.807, 2.05) is 12.3 Å². The molecule has 9 heteroatoms. The number of hydroxylamine groups is 2. The highest BCUT2D eigenvalue weighted by molar-refractivity contribution is 6.01. The number of nitrogens with one attached hydrogen (secondary N) is 1. The third-order valence-corrected chi connectivity index (χ3v) is 6.89. The van der Waals surface area contributed by atoms with Crippen LogP contribution in [0.2, 0.25) is 0 Å². The quantitative estimate of drug-likeness (QED) is 0.598. The summed E-state index contributed by atoms with van der Waals surface area (Å²) in [6.07, 6.45) is 9.99. The molecule has 0 aromatic carbocycles. The number of nitrogens with zero attached hydrogens (tertiary/aromatic N) is 3. The molecular formula is C24H32N4O5. The molecule has 3 amide bonds. The molecular weight excluding hydrogens is 424 g/mol. The summed E-state index contributed by atoms with van der Waals surface area (Å²) in [4.78, 5) is 59.7. The lowest BCUT2D eigenvalue weighted by Crippen LogP contribution is -2.40. The Morgan fingerprint density at radius 2 is 1.85 bits per heavy atom. The van der Waals surface area contributed by atoms with Gasteiger partial charge in [-0.25, -0.2) is 4.79 Å². The highest BCUT2D eigenvalue weighted by atomic mass is 16.7. The van der Waals surface area contributed by atoms with E-state index < -0.39 is 17.8 Å². The summed E-state index contributed by atoms with van der Waals surface area (Å²) in [5.41, 5.74) is 1.24. The van der Waals surface area contributed by atoms with Gasteiger partial charge in [-0.15, -0.1) is 5.06 Å². The van der Waals surface area contributed by atoms with Crippen molar-refractivity contribution in [3.05, 3.63) is 30.1 Å². The Morgan fingerprint density at radius 3 is 2.55 bits per heavy atom. The van der Waals surface area contributed by atoms with Crippen LogP contribution in [0.1, 0.15) is 75.8 Å². The first-order valence-corrected chi connectivity index (χ1v) is 12.0. The summed E-state index contributed by atoms with van der Waals surface area (Å²) >= 11 is 0. The summed E-state index contributed by atoms with van der Waals surface area (Å²) in [5, 5.41) is 3.70. The van der Waals surface area contributed by atoms with Crippen LogP contribution >= 0.6 is 0 Å². The second kappa shape index (κ2) is 10.9. The fourth-order valence-corrected chi connectivity index (χ4v) is 5.08. The Kier molecular flexibility index (Phi) is 7.69. The van der Waals surface area contributed by atoms with Crippen molar-refractivity contribution in [3.8, 4) is 0 Å². The molecule has 0 unspecified atom stereocenters. The van der Waals surface area contributed by atoms with E-state index in [9.17, 15) is 19.2 Å². The van der Waals surface area contributed by atoms with Gasteiger partial charge in [0.15, 0.2) is 0 Å². The molecule has 178 valence electrons. The molecule has 33 heavy (non-hydrogen) atoms. The van der Waals surface area contributed by atoms with Crippen molar-refractivity contribution < 1.29 is 24.0 Å². The number of hydrogen-bond donors (Lipinski definition) is 1. The van der Waals surface area contributed by atoms with Crippen molar-refractivity contribution in [2.45, 2.75) is 76.3 Å². The first kappa shape index (κ1) is 23.4. The summed E-state index contributed by atoms with van der Waals surface area (Å²) in [7, 11) is 0. The lowest BCUT2D eigenvalue weighted by molar-refractivity contribution is -0.201. The van der Waals surface area contributed by atoms with Crippen molar-refractivity contribution in [3.63, 3.8) is 0 Å². The standard InChI is InChI=1S/C24H32N4O5/c29-21(6-3-15-27-14-2-5-20(27)18-4-1-13-25-16-18)26-19-9-7-17(8-10-19)24(32)33-28-22(30)11-12-23(28)31/h1,4,13,16-17,19-20H,2-3,5-12,14-15H2,(H,26,29)/t17-,19+,20-/m0/s1. The Balaban J connectivity index is 1.14. The van der Waals surface area contributed by atoms with E-state index in [-0.39, 0.29) is 30.7 Å². The van der Waals surface area contributed by atoms with Crippen LogP contribution in [0, 0.1) is 5.92 Å². The Hall–Kier alpha value is -2.81. The molecule has 1 saturated carbocycles. The molecule has 3 aliphatic rings. The molecule has 1 aromatic heterocycles. The molecule has 3 fully saturated rings. The van der Waals surface area contributed by atoms with Gasteiger partial charge in [0.05, 0.1) is 5.92 Å². The summed E-state index contributed by atoms with van der Waals surface area (Å²) in [6.45, 7) is 1.94. The molecule has 1 aromatic rings. The summed E-state index contributed by atoms with van der Waals surface area (Å²) in [5.74, 6) is -1.76. The molecule has 1 N–H and O–H groups in total. The first-order chi connectivity index (χ1) is 16.0. The normalized spacial score (nSPS) is 25.9. The van der Waals surface area contributed by atoms with Crippen LogP contribution in [0.3, 0.4) is 0 Å². The van der Waals surface area contributed by atoms with Crippen molar-refractivity contribution in [2.24, 2.45) is 5.92 Å². The third-order valence-electron chi connectivity index (χ3n) is 6.89. The van der Waals surface area contributed by atoms with Crippen LogP contribution in [0.25, 0.3) is 0 Å². The maximum Gasteiger partial charge on any atom is 0.336 e. The number of pyridine rings is 1. The number of hydrogen-bond acceptors (Lipinski definition) is 7. The number of aromatic nitrogens is 1. The number of likely N-dealkylation sites (tertiary alicyclic amines) is 1. The topological polar surface area (TPSA) is 109 Å². The van der Waals surface area contributed by atoms with Gasteiger partial charge in [0.1, 0.15) is 0 Å². The van der Waals surface area contributed by atoms with E-state index in [1.54, 1.807) is 6.20 Å². The van der Waals surface area contributed by atoms with E-state index in [0.29, 0.717) is 43.2 Å². The monoisotopic (exact) mass is 456 g/mol. The fourth-order valence-electron chi connectivity index (χ4n) is 5.08. The lowest BCUT2D eigenvalue weighted by Gasteiger charge is -2.28. The second-order valence-corrected chi connectivity index (χ2v) is 9.19. The second-order valence-electron chi connectivity index (χ2n) is 9.19. The summed E-state index contributed by atoms with van der Waals surface area (Å²) in [6, 6.07) is 4.53. The number of carbonyl (C=O) groups excluding carboxylic acids is 4. The van der Waals surface area contributed by atoms with Crippen molar-refractivity contribution >= 4 is 23.7 Å².